The molecule has 2 rings (SSSR count). The number of pyridine rings is 1. The number of nitrogens with one attached hydrogen (secondary N) is 1. The van der Waals surface area contributed by atoms with E-state index >= 15 is 0 Å². The third-order valence-corrected chi connectivity index (χ3v) is 3.12. The molecule has 5 heteroatoms. The normalized spacial score (nSPS) is 10.0. The smallest absolute Gasteiger partial charge is 0.255 e. The summed E-state index contributed by atoms with van der Waals surface area (Å²) in [7, 11) is 3.33. The van der Waals surface area contributed by atoms with Crippen molar-refractivity contribution in [1.29, 1.82) is 0 Å². The van der Waals surface area contributed by atoms with Crippen molar-refractivity contribution in [3.8, 4) is 0 Å². The molecule has 0 aliphatic heterocycles. The maximum atomic E-state index is 12.2. The molecule has 2 aromatic rings. The van der Waals surface area contributed by atoms with Crippen LogP contribution >= 0.6 is 0 Å². The minimum Gasteiger partial charge on any atom is -0.355 e. The Morgan fingerprint density at radius 2 is 1.86 bits per heavy atom. The fraction of sp³-hybridized carbons (Fsp3) is 0.188. The average molecular weight is 283 g/mol. The number of nitrogens with zero attached hydrogens (tertiary/aromatic N) is 2. The molecule has 1 N–H and O–H groups in total. The molecule has 0 bridgehead atoms. The number of rotatable bonds is 4. The lowest BCUT2D eigenvalue weighted by Gasteiger charge is -2.17. The van der Waals surface area contributed by atoms with Crippen LogP contribution in [-0.2, 0) is 6.54 Å². The molecule has 0 aliphatic rings. The highest BCUT2D eigenvalue weighted by molar-refractivity contribution is 5.94. The standard InChI is InChI=1S/C16H17N3O2/c1-17-15(20)13-7-5-12(6-8-13)11-19(2)16(21)14-4-3-9-18-10-14/h3-10H,11H2,1-2H3,(H,17,20). The molecule has 0 unspecified atom stereocenters. The van der Waals surface area contributed by atoms with Crippen LogP contribution < -0.4 is 5.32 Å². The van der Waals surface area contributed by atoms with E-state index in [1.165, 1.54) is 0 Å². The number of aromatic nitrogens is 1. The molecule has 0 aliphatic carbocycles. The van der Waals surface area contributed by atoms with Crippen molar-refractivity contribution in [2.45, 2.75) is 6.54 Å². The second-order valence-electron chi connectivity index (χ2n) is 4.68. The zero-order chi connectivity index (χ0) is 15.2. The number of carbonyl (C=O) groups excluding carboxylic acids is 2. The van der Waals surface area contributed by atoms with Crippen LogP contribution in [0.3, 0.4) is 0 Å². The van der Waals surface area contributed by atoms with Crippen molar-refractivity contribution >= 4 is 11.8 Å². The molecule has 5 nitrogen and oxygen atoms in total. The van der Waals surface area contributed by atoms with E-state index in [0.717, 1.165) is 5.56 Å². The minimum absolute atomic E-state index is 0.0847. The van der Waals surface area contributed by atoms with Gasteiger partial charge in [-0.2, -0.15) is 0 Å². The highest BCUT2D eigenvalue weighted by atomic mass is 16.2. The number of benzene rings is 1. The molecule has 21 heavy (non-hydrogen) atoms. The van der Waals surface area contributed by atoms with Crippen LogP contribution in [-0.4, -0.2) is 35.8 Å². The number of hydrogen-bond acceptors (Lipinski definition) is 3. The molecule has 0 spiro atoms. The van der Waals surface area contributed by atoms with E-state index in [2.05, 4.69) is 10.3 Å². The van der Waals surface area contributed by atoms with E-state index in [1.807, 2.05) is 12.1 Å². The molecule has 1 heterocycles. The number of carbonyl (C=O) groups is 2. The monoisotopic (exact) mass is 283 g/mol. The summed E-state index contributed by atoms with van der Waals surface area (Å²) in [4.78, 5) is 29.2. The van der Waals surface area contributed by atoms with Gasteiger partial charge < -0.3 is 10.2 Å². The van der Waals surface area contributed by atoms with Gasteiger partial charge in [0, 0.05) is 38.6 Å². The van der Waals surface area contributed by atoms with Crippen molar-refractivity contribution in [2.75, 3.05) is 14.1 Å². The van der Waals surface area contributed by atoms with E-state index in [9.17, 15) is 9.59 Å². The predicted octanol–water partition coefficient (Wildman–Crippen LogP) is 1.71. The molecule has 1 aromatic carbocycles. The largest absolute Gasteiger partial charge is 0.355 e. The Balaban J connectivity index is 2.04. The Kier molecular flexibility index (Phi) is 4.66. The van der Waals surface area contributed by atoms with Gasteiger partial charge in [-0.05, 0) is 29.8 Å². The number of hydrogen-bond donors (Lipinski definition) is 1. The van der Waals surface area contributed by atoms with E-state index < -0.39 is 0 Å². The van der Waals surface area contributed by atoms with Crippen molar-refractivity contribution in [3.05, 3.63) is 65.5 Å². The van der Waals surface area contributed by atoms with E-state index in [4.69, 9.17) is 0 Å². The lowest BCUT2D eigenvalue weighted by atomic mass is 10.1. The van der Waals surface area contributed by atoms with Gasteiger partial charge in [0.25, 0.3) is 11.8 Å². The third-order valence-electron chi connectivity index (χ3n) is 3.12. The number of amides is 2. The van der Waals surface area contributed by atoms with Gasteiger partial charge in [-0.25, -0.2) is 0 Å². The summed E-state index contributed by atoms with van der Waals surface area (Å²) >= 11 is 0. The van der Waals surface area contributed by atoms with Crippen molar-refractivity contribution < 1.29 is 9.59 Å². The molecular weight excluding hydrogens is 266 g/mol. The van der Waals surface area contributed by atoms with E-state index in [1.54, 1.807) is 55.7 Å². The first-order valence-corrected chi connectivity index (χ1v) is 6.58. The molecule has 0 fully saturated rings. The molecular formula is C16H17N3O2. The van der Waals surface area contributed by atoms with E-state index in [0.29, 0.717) is 17.7 Å². The summed E-state index contributed by atoms with van der Waals surface area (Å²) in [5.74, 6) is -0.209. The van der Waals surface area contributed by atoms with Gasteiger partial charge >= 0.3 is 0 Å². The molecule has 108 valence electrons. The first kappa shape index (κ1) is 14.7. The lowest BCUT2D eigenvalue weighted by Crippen LogP contribution is -2.26. The average Bonchev–Trinajstić information content (AvgIpc) is 2.55. The maximum absolute atomic E-state index is 12.2. The second-order valence-corrected chi connectivity index (χ2v) is 4.68. The Labute approximate surface area is 123 Å². The summed E-state index contributed by atoms with van der Waals surface area (Å²) in [5.41, 5.74) is 2.12. The fourth-order valence-corrected chi connectivity index (χ4v) is 1.96. The quantitative estimate of drug-likeness (QED) is 0.929. The molecule has 2 amide bonds. The highest BCUT2D eigenvalue weighted by Gasteiger charge is 2.12. The second kappa shape index (κ2) is 6.65. The topological polar surface area (TPSA) is 62.3 Å². The Morgan fingerprint density at radius 3 is 2.43 bits per heavy atom. The highest BCUT2D eigenvalue weighted by Crippen LogP contribution is 2.09. The summed E-state index contributed by atoms with van der Waals surface area (Å²) in [6.45, 7) is 0.474. The Bertz CT molecular complexity index is 624. The van der Waals surface area contributed by atoms with Crippen molar-refractivity contribution in [1.82, 2.24) is 15.2 Å². The van der Waals surface area contributed by atoms with Gasteiger partial charge in [0.15, 0.2) is 0 Å². The van der Waals surface area contributed by atoms with Gasteiger partial charge in [-0.3, -0.25) is 14.6 Å². The summed E-state index contributed by atoms with van der Waals surface area (Å²) < 4.78 is 0. The van der Waals surface area contributed by atoms with Gasteiger partial charge in [-0.15, -0.1) is 0 Å². The minimum atomic E-state index is -0.124. The summed E-state index contributed by atoms with van der Waals surface area (Å²) in [6, 6.07) is 10.7. The van der Waals surface area contributed by atoms with Crippen molar-refractivity contribution in [2.24, 2.45) is 0 Å². The molecule has 0 radical (unpaired) electrons. The van der Waals surface area contributed by atoms with Crippen LogP contribution in [0.5, 0.6) is 0 Å². The van der Waals surface area contributed by atoms with Crippen LogP contribution in [0, 0.1) is 0 Å². The molecule has 0 saturated carbocycles. The van der Waals surface area contributed by atoms with Gasteiger partial charge in [0.1, 0.15) is 0 Å². The molecule has 0 atom stereocenters. The first-order chi connectivity index (χ1) is 10.1. The van der Waals surface area contributed by atoms with Gasteiger partial charge in [0.2, 0.25) is 0 Å². The Morgan fingerprint density at radius 1 is 1.14 bits per heavy atom. The zero-order valence-electron chi connectivity index (χ0n) is 12.0. The maximum Gasteiger partial charge on any atom is 0.255 e. The lowest BCUT2D eigenvalue weighted by molar-refractivity contribution is 0.0784. The Hall–Kier alpha value is -2.69. The van der Waals surface area contributed by atoms with Crippen LogP contribution in [0.2, 0.25) is 0 Å². The fourth-order valence-electron chi connectivity index (χ4n) is 1.96. The van der Waals surface area contributed by atoms with Crippen molar-refractivity contribution in [3.63, 3.8) is 0 Å². The summed E-state index contributed by atoms with van der Waals surface area (Å²) in [5, 5.41) is 2.57. The summed E-state index contributed by atoms with van der Waals surface area (Å²) in [6.07, 6.45) is 3.18. The van der Waals surface area contributed by atoms with Crippen LogP contribution in [0.1, 0.15) is 26.3 Å². The van der Waals surface area contributed by atoms with E-state index in [-0.39, 0.29) is 11.8 Å². The predicted molar refractivity (Wildman–Crippen MR) is 79.9 cm³/mol. The zero-order valence-corrected chi connectivity index (χ0v) is 12.0. The van der Waals surface area contributed by atoms with Crippen LogP contribution in [0.25, 0.3) is 0 Å². The van der Waals surface area contributed by atoms with Gasteiger partial charge in [-0.1, -0.05) is 12.1 Å². The molecule has 0 saturated heterocycles. The molecule has 1 aromatic heterocycles. The van der Waals surface area contributed by atoms with Crippen LogP contribution in [0.4, 0.5) is 0 Å². The van der Waals surface area contributed by atoms with Gasteiger partial charge in [0.05, 0.1) is 5.56 Å². The third kappa shape index (κ3) is 3.66. The van der Waals surface area contributed by atoms with Crippen LogP contribution in [0.15, 0.2) is 48.8 Å². The SMILES string of the molecule is CNC(=O)c1ccc(CN(C)C(=O)c2cccnc2)cc1. The first-order valence-electron chi connectivity index (χ1n) is 6.58.